The lowest BCUT2D eigenvalue weighted by Gasteiger charge is -2.34. The van der Waals surface area contributed by atoms with Gasteiger partial charge >= 0.3 is 0 Å². The van der Waals surface area contributed by atoms with E-state index < -0.39 is 6.10 Å². The number of hydrogen-bond donors (Lipinski definition) is 3. The van der Waals surface area contributed by atoms with E-state index in [1.54, 1.807) is 21.3 Å². The molecule has 0 saturated heterocycles. The molecule has 6 heteroatoms. The molecule has 2 aliphatic rings. The van der Waals surface area contributed by atoms with E-state index >= 15 is 0 Å². The van der Waals surface area contributed by atoms with Gasteiger partial charge in [0.1, 0.15) is 24.4 Å². The number of allylic oxidation sites excluding steroid dienone is 1. The van der Waals surface area contributed by atoms with E-state index in [1.807, 2.05) is 19.1 Å². The van der Waals surface area contributed by atoms with Crippen LogP contribution in [0.15, 0.2) is 46.1 Å². The summed E-state index contributed by atoms with van der Waals surface area (Å²) in [7, 11) is 5.03. The molecule has 0 fully saturated rings. The molecule has 0 amide bonds. The maximum atomic E-state index is 10.5. The Morgan fingerprint density at radius 3 is 2.30 bits per heavy atom. The monoisotopic (exact) mass is 395 g/mol. The van der Waals surface area contributed by atoms with Gasteiger partial charge in [-0.25, -0.2) is 0 Å². The van der Waals surface area contributed by atoms with E-state index in [9.17, 15) is 5.11 Å². The average Bonchev–Trinajstić information content (AvgIpc) is 2.68. The number of nitrogens with one attached hydrogen (secondary N) is 1. The fourth-order valence-corrected chi connectivity index (χ4v) is 4.32. The zero-order valence-corrected chi connectivity index (χ0v) is 18.0. The van der Waals surface area contributed by atoms with Gasteiger partial charge in [0.2, 0.25) is 0 Å². The molecule has 0 heterocycles. The number of thiol groups is 1. The molecule has 152 valence electrons. The van der Waals surface area contributed by atoms with E-state index in [4.69, 9.17) is 14.2 Å². The molecular formula is C21H33NO4S. The summed E-state index contributed by atoms with van der Waals surface area (Å²) in [6, 6.07) is -0.00501. The van der Waals surface area contributed by atoms with Crippen molar-refractivity contribution in [2.24, 2.45) is 0 Å². The largest absolute Gasteiger partial charge is 0.386 e. The fraction of sp³-hybridized carbons (Fsp3) is 0.619. The molecule has 2 aliphatic carbocycles. The summed E-state index contributed by atoms with van der Waals surface area (Å²) in [5.74, 6) is 0. The quantitative estimate of drug-likeness (QED) is 0.551. The van der Waals surface area contributed by atoms with Gasteiger partial charge in [-0.05, 0) is 60.6 Å². The fourth-order valence-electron chi connectivity index (χ4n) is 4.09. The van der Waals surface area contributed by atoms with E-state index in [0.29, 0.717) is 0 Å². The van der Waals surface area contributed by atoms with Gasteiger partial charge in [-0.3, -0.25) is 4.72 Å². The third kappa shape index (κ3) is 4.58. The van der Waals surface area contributed by atoms with Crippen LogP contribution in [0.4, 0.5) is 0 Å². The number of ether oxygens (including phenoxy) is 3. The predicted octanol–water partition coefficient (Wildman–Crippen LogP) is 3.14. The van der Waals surface area contributed by atoms with E-state index in [-0.39, 0.29) is 24.4 Å². The van der Waals surface area contributed by atoms with E-state index in [1.165, 1.54) is 16.7 Å². The van der Waals surface area contributed by atoms with Gasteiger partial charge in [0.05, 0.1) is 0 Å². The summed E-state index contributed by atoms with van der Waals surface area (Å²) in [6.45, 7) is 6.18. The maximum absolute atomic E-state index is 10.5. The minimum Gasteiger partial charge on any atom is -0.386 e. The van der Waals surface area contributed by atoms with Crippen LogP contribution in [0.3, 0.4) is 0 Å². The zero-order chi connectivity index (χ0) is 20.1. The van der Waals surface area contributed by atoms with Gasteiger partial charge < -0.3 is 19.3 Å². The topological polar surface area (TPSA) is 60.0 Å². The first kappa shape index (κ1) is 22.4. The lowest BCUT2D eigenvalue weighted by atomic mass is 9.80. The number of rotatable bonds is 8. The van der Waals surface area contributed by atoms with Crippen LogP contribution in [0.2, 0.25) is 0 Å². The Labute approximate surface area is 168 Å². The van der Waals surface area contributed by atoms with E-state index in [0.717, 1.165) is 24.0 Å². The second-order valence-electron chi connectivity index (χ2n) is 7.09. The van der Waals surface area contributed by atoms with Crippen molar-refractivity contribution in [3.05, 3.63) is 46.1 Å². The molecule has 5 unspecified atom stereocenters. The first-order chi connectivity index (χ1) is 12.9. The summed E-state index contributed by atoms with van der Waals surface area (Å²) in [6.07, 6.45) is 6.68. The molecule has 5 nitrogen and oxygen atoms in total. The lowest BCUT2D eigenvalue weighted by molar-refractivity contribution is 0.00687. The standard InChI is InChI=1S/C21H33NO4S/c1-7-15-13(3)20(23)19(25-5)11-16(15)17(22-27)10-14-8-9-18(24-4)21(26-6)12(14)2/h8-9,11,17-23,27H,7,10H2,1-6H3. The molecular weight excluding hydrogens is 362 g/mol. The third-order valence-corrected chi connectivity index (χ3v) is 6.06. The number of aliphatic hydroxyl groups excluding tert-OH is 1. The Bertz CT molecular complexity index is 653. The molecule has 0 bridgehead atoms. The van der Waals surface area contributed by atoms with Crippen molar-refractivity contribution in [1.82, 2.24) is 4.72 Å². The van der Waals surface area contributed by atoms with Crippen molar-refractivity contribution in [2.75, 3.05) is 21.3 Å². The highest BCUT2D eigenvalue weighted by Crippen LogP contribution is 2.35. The molecule has 2 rings (SSSR count). The molecule has 0 aromatic heterocycles. The number of aliphatic hydroxyl groups is 1. The summed E-state index contributed by atoms with van der Waals surface area (Å²) >= 11 is 4.41. The van der Waals surface area contributed by atoms with Crippen molar-refractivity contribution >= 4 is 12.8 Å². The summed E-state index contributed by atoms with van der Waals surface area (Å²) in [4.78, 5) is 0. The zero-order valence-electron chi connectivity index (χ0n) is 17.2. The second-order valence-corrected chi connectivity index (χ2v) is 7.35. The third-order valence-electron chi connectivity index (χ3n) is 5.75. The van der Waals surface area contributed by atoms with Crippen molar-refractivity contribution in [1.29, 1.82) is 0 Å². The van der Waals surface area contributed by atoms with Crippen LogP contribution in [0.25, 0.3) is 0 Å². The highest BCUT2D eigenvalue weighted by molar-refractivity contribution is 7.78. The van der Waals surface area contributed by atoms with Gasteiger partial charge in [-0.1, -0.05) is 31.9 Å². The number of methoxy groups -OCH3 is 3. The van der Waals surface area contributed by atoms with Crippen LogP contribution < -0.4 is 4.72 Å². The Kier molecular flexibility index (Phi) is 8.34. The van der Waals surface area contributed by atoms with Crippen LogP contribution >= 0.6 is 12.8 Å². The first-order valence-electron chi connectivity index (χ1n) is 9.38. The van der Waals surface area contributed by atoms with Crippen LogP contribution in [0.5, 0.6) is 0 Å². The van der Waals surface area contributed by atoms with Crippen LogP contribution in [0, 0.1) is 0 Å². The molecule has 2 N–H and O–H groups in total. The summed E-state index contributed by atoms with van der Waals surface area (Å²) in [5.41, 5.74) is 5.64. The SMILES string of the molecule is CCC1=C(C)C(O)C(OC)C=C1C(CC1=C(C)C(OC)C(OC)C=C1)NS. The Morgan fingerprint density at radius 1 is 1.11 bits per heavy atom. The van der Waals surface area contributed by atoms with Crippen LogP contribution in [-0.2, 0) is 14.2 Å². The van der Waals surface area contributed by atoms with Gasteiger partial charge in [-0.2, -0.15) is 0 Å². The Morgan fingerprint density at radius 2 is 1.78 bits per heavy atom. The molecule has 0 radical (unpaired) electrons. The molecule has 0 aromatic carbocycles. The molecule has 0 spiro atoms. The van der Waals surface area contributed by atoms with Crippen molar-refractivity contribution in [3.8, 4) is 0 Å². The normalized spacial score (nSPS) is 30.0. The number of hydrogen-bond acceptors (Lipinski definition) is 6. The molecule has 27 heavy (non-hydrogen) atoms. The van der Waals surface area contributed by atoms with E-state index in [2.05, 4.69) is 37.5 Å². The minimum absolute atomic E-state index is 0.00501. The van der Waals surface area contributed by atoms with Crippen LogP contribution in [-0.4, -0.2) is 56.9 Å². The van der Waals surface area contributed by atoms with Gasteiger partial charge in [0, 0.05) is 27.4 Å². The predicted molar refractivity (Wildman–Crippen MR) is 112 cm³/mol. The van der Waals surface area contributed by atoms with Gasteiger partial charge in [-0.15, -0.1) is 0 Å². The van der Waals surface area contributed by atoms with Crippen molar-refractivity contribution in [2.45, 2.75) is 64.1 Å². The first-order valence-corrected chi connectivity index (χ1v) is 9.83. The summed E-state index contributed by atoms with van der Waals surface area (Å²) < 4.78 is 19.8. The van der Waals surface area contributed by atoms with Crippen LogP contribution in [0.1, 0.15) is 33.6 Å². The molecule has 5 atom stereocenters. The maximum Gasteiger partial charge on any atom is 0.108 e. The highest BCUT2D eigenvalue weighted by atomic mass is 32.1. The lowest BCUT2D eigenvalue weighted by Crippen LogP contribution is -2.37. The van der Waals surface area contributed by atoms with Gasteiger partial charge in [0.25, 0.3) is 0 Å². The molecule has 0 aromatic rings. The molecule has 0 saturated carbocycles. The minimum atomic E-state index is -0.606. The molecule has 0 aliphatic heterocycles. The Balaban J connectivity index is 2.35. The average molecular weight is 396 g/mol. The smallest absolute Gasteiger partial charge is 0.108 e. The van der Waals surface area contributed by atoms with Crippen molar-refractivity contribution < 1.29 is 19.3 Å². The highest BCUT2D eigenvalue weighted by Gasteiger charge is 2.32. The van der Waals surface area contributed by atoms with Gasteiger partial charge in [0.15, 0.2) is 0 Å². The second kappa shape index (κ2) is 10.0. The summed E-state index contributed by atoms with van der Waals surface area (Å²) in [5, 5.41) is 10.5. The van der Waals surface area contributed by atoms with Crippen molar-refractivity contribution in [3.63, 3.8) is 0 Å². The Hall–Kier alpha value is -0.890.